The average molecular weight is 157 g/mol. The minimum absolute atomic E-state index is 0.278. The Morgan fingerprint density at radius 3 is 2.82 bits per heavy atom. The predicted molar refractivity (Wildman–Crippen MR) is 43.6 cm³/mol. The molecule has 0 aliphatic rings. The van der Waals surface area contributed by atoms with E-state index in [1.165, 1.54) is 6.42 Å². The number of hydrogen-bond donors (Lipinski definition) is 1. The SMILES string of the molecule is CCCCC=CCC(=O)ON. The van der Waals surface area contributed by atoms with Crippen molar-refractivity contribution in [3.63, 3.8) is 0 Å². The molecule has 2 N–H and O–H groups in total. The van der Waals surface area contributed by atoms with E-state index in [0.717, 1.165) is 12.8 Å². The number of unbranched alkanes of at least 4 members (excludes halogenated alkanes) is 2. The van der Waals surface area contributed by atoms with E-state index in [-0.39, 0.29) is 6.42 Å². The summed E-state index contributed by atoms with van der Waals surface area (Å²) in [5.74, 6) is 4.24. The van der Waals surface area contributed by atoms with E-state index in [2.05, 4.69) is 17.7 Å². The molecule has 0 aromatic carbocycles. The fraction of sp³-hybridized carbons (Fsp3) is 0.625. The molecule has 0 spiro atoms. The summed E-state index contributed by atoms with van der Waals surface area (Å²) in [7, 11) is 0. The van der Waals surface area contributed by atoms with Crippen molar-refractivity contribution < 1.29 is 9.63 Å². The third-order valence-corrected chi connectivity index (χ3v) is 1.31. The summed E-state index contributed by atoms with van der Waals surface area (Å²) in [6.07, 6.45) is 7.39. The highest BCUT2D eigenvalue weighted by Crippen LogP contribution is 1.96. The zero-order chi connectivity index (χ0) is 8.53. The molecule has 0 bridgehead atoms. The van der Waals surface area contributed by atoms with Crippen LogP contribution >= 0.6 is 0 Å². The van der Waals surface area contributed by atoms with Gasteiger partial charge in [-0.05, 0) is 6.42 Å². The van der Waals surface area contributed by atoms with Crippen molar-refractivity contribution in [2.45, 2.75) is 32.6 Å². The van der Waals surface area contributed by atoms with E-state index in [1.807, 2.05) is 6.08 Å². The van der Waals surface area contributed by atoms with E-state index < -0.39 is 5.97 Å². The number of allylic oxidation sites excluding steroid dienone is 1. The van der Waals surface area contributed by atoms with Crippen molar-refractivity contribution in [1.82, 2.24) is 0 Å². The molecular formula is C8H15NO2. The van der Waals surface area contributed by atoms with Crippen LogP contribution in [0, 0.1) is 0 Å². The lowest BCUT2D eigenvalue weighted by atomic mass is 10.2. The summed E-state index contributed by atoms with van der Waals surface area (Å²) in [6.45, 7) is 2.13. The quantitative estimate of drug-likeness (QED) is 0.374. The van der Waals surface area contributed by atoms with Gasteiger partial charge in [0, 0.05) is 0 Å². The molecule has 0 aromatic heterocycles. The molecule has 0 atom stereocenters. The lowest BCUT2D eigenvalue weighted by Crippen LogP contribution is -2.07. The number of rotatable bonds is 5. The fourth-order valence-electron chi connectivity index (χ4n) is 0.667. The van der Waals surface area contributed by atoms with Gasteiger partial charge in [-0.2, -0.15) is 5.90 Å². The first kappa shape index (κ1) is 10.2. The molecule has 0 fully saturated rings. The molecule has 0 saturated heterocycles. The summed E-state index contributed by atoms with van der Waals surface area (Å²) >= 11 is 0. The average Bonchev–Trinajstić information content (AvgIpc) is 2.04. The molecule has 0 amide bonds. The Balaban J connectivity index is 3.22. The van der Waals surface area contributed by atoms with E-state index in [0.29, 0.717) is 0 Å². The molecular weight excluding hydrogens is 142 g/mol. The van der Waals surface area contributed by atoms with Gasteiger partial charge < -0.3 is 4.84 Å². The zero-order valence-electron chi connectivity index (χ0n) is 6.88. The van der Waals surface area contributed by atoms with E-state index in [1.54, 1.807) is 6.08 Å². The van der Waals surface area contributed by atoms with Gasteiger partial charge in [0.05, 0.1) is 6.42 Å². The monoisotopic (exact) mass is 157 g/mol. The van der Waals surface area contributed by atoms with Gasteiger partial charge in [0.15, 0.2) is 0 Å². The van der Waals surface area contributed by atoms with Gasteiger partial charge in [-0.3, -0.25) is 4.79 Å². The van der Waals surface area contributed by atoms with Crippen LogP contribution in [-0.2, 0) is 9.63 Å². The molecule has 0 aliphatic heterocycles. The van der Waals surface area contributed by atoms with Crippen LogP contribution in [0.4, 0.5) is 0 Å². The van der Waals surface area contributed by atoms with Crippen LogP contribution in [0.15, 0.2) is 12.2 Å². The second kappa shape index (κ2) is 7.28. The van der Waals surface area contributed by atoms with E-state index in [4.69, 9.17) is 0 Å². The maximum Gasteiger partial charge on any atom is 0.328 e. The van der Waals surface area contributed by atoms with Gasteiger partial charge in [-0.1, -0.05) is 31.9 Å². The van der Waals surface area contributed by atoms with E-state index in [9.17, 15) is 4.79 Å². The second-order valence-corrected chi connectivity index (χ2v) is 2.31. The Morgan fingerprint density at radius 2 is 2.27 bits per heavy atom. The lowest BCUT2D eigenvalue weighted by Gasteiger charge is -1.91. The van der Waals surface area contributed by atoms with Crippen molar-refractivity contribution >= 4 is 5.97 Å². The molecule has 0 radical (unpaired) electrons. The first-order valence-corrected chi connectivity index (χ1v) is 3.85. The standard InChI is InChI=1S/C8H15NO2/c1-2-3-4-5-6-7-8(10)11-9/h5-6H,2-4,7,9H2,1H3. The number of carbonyl (C=O) groups is 1. The van der Waals surface area contributed by atoms with Crippen molar-refractivity contribution in [2.75, 3.05) is 0 Å². The van der Waals surface area contributed by atoms with Crippen molar-refractivity contribution in [3.8, 4) is 0 Å². The van der Waals surface area contributed by atoms with Crippen molar-refractivity contribution in [3.05, 3.63) is 12.2 Å². The van der Waals surface area contributed by atoms with Crippen LogP contribution in [0.2, 0.25) is 0 Å². The van der Waals surface area contributed by atoms with Gasteiger partial charge in [0.25, 0.3) is 0 Å². The minimum atomic E-state index is -0.391. The van der Waals surface area contributed by atoms with Crippen LogP contribution in [0.1, 0.15) is 32.6 Å². The molecule has 0 saturated carbocycles. The summed E-state index contributed by atoms with van der Waals surface area (Å²) in [4.78, 5) is 14.4. The molecule has 64 valence electrons. The van der Waals surface area contributed by atoms with E-state index >= 15 is 0 Å². The highest BCUT2D eigenvalue weighted by Gasteiger charge is 1.93. The predicted octanol–water partition coefficient (Wildman–Crippen LogP) is 1.54. The number of hydrogen-bond acceptors (Lipinski definition) is 3. The van der Waals surface area contributed by atoms with Gasteiger partial charge in [-0.15, -0.1) is 0 Å². The maximum atomic E-state index is 10.4. The van der Waals surface area contributed by atoms with Crippen molar-refractivity contribution in [2.24, 2.45) is 5.90 Å². The molecule has 0 unspecified atom stereocenters. The Labute approximate surface area is 67.2 Å². The van der Waals surface area contributed by atoms with Gasteiger partial charge >= 0.3 is 5.97 Å². The third kappa shape index (κ3) is 7.06. The molecule has 3 heteroatoms. The molecule has 11 heavy (non-hydrogen) atoms. The fourth-order valence-corrected chi connectivity index (χ4v) is 0.667. The Bertz CT molecular complexity index is 132. The summed E-state index contributed by atoms with van der Waals surface area (Å²) in [6, 6.07) is 0. The largest absolute Gasteiger partial charge is 0.373 e. The molecule has 0 aromatic rings. The maximum absolute atomic E-state index is 10.4. The van der Waals surface area contributed by atoms with Gasteiger partial charge in [0.2, 0.25) is 0 Å². The minimum Gasteiger partial charge on any atom is -0.373 e. The zero-order valence-corrected chi connectivity index (χ0v) is 6.88. The Kier molecular flexibility index (Phi) is 6.73. The normalized spacial score (nSPS) is 10.4. The summed E-state index contributed by atoms with van der Waals surface area (Å²) in [5.41, 5.74) is 0. The van der Waals surface area contributed by atoms with Gasteiger partial charge in [0.1, 0.15) is 0 Å². The topological polar surface area (TPSA) is 52.3 Å². The van der Waals surface area contributed by atoms with Crippen LogP contribution in [0.25, 0.3) is 0 Å². The molecule has 0 heterocycles. The van der Waals surface area contributed by atoms with Crippen molar-refractivity contribution in [1.29, 1.82) is 0 Å². The van der Waals surface area contributed by atoms with Crippen LogP contribution in [0.5, 0.6) is 0 Å². The summed E-state index contributed by atoms with van der Waals surface area (Å²) in [5, 5.41) is 0. The smallest absolute Gasteiger partial charge is 0.328 e. The number of carbonyl (C=O) groups excluding carboxylic acids is 1. The summed E-state index contributed by atoms with van der Waals surface area (Å²) < 4.78 is 0. The van der Waals surface area contributed by atoms with Crippen LogP contribution in [0.3, 0.4) is 0 Å². The highest BCUT2D eigenvalue weighted by atomic mass is 16.7. The lowest BCUT2D eigenvalue weighted by molar-refractivity contribution is -0.143. The van der Waals surface area contributed by atoms with Crippen LogP contribution in [-0.4, -0.2) is 5.97 Å². The Hall–Kier alpha value is -0.830. The molecule has 0 aliphatic carbocycles. The number of nitrogens with two attached hydrogens (primary N) is 1. The third-order valence-electron chi connectivity index (χ3n) is 1.31. The molecule has 0 rings (SSSR count). The first-order chi connectivity index (χ1) is 5.31. The van der Waals surface area contributed by atoms with Crippen LogP contribution < -0.4 is 5.90 Å². The molecule has 3 nitrogen and oxygen atoms in total. The second-order valence-electron chi connectivity index (χ2n) is 2.31. The first-order valence-electron chi connectivity index (χ1n) is 3.85. The van der Waals surface area contributed by atoms with Gasteiger partial charge in [-0.25, -0.2) is 0 Å². The Morgan fingerprint density at radius 1 is 1.55 bits per heavy atom. The highest BCUT2D eigenvalue weighted by molar-refractivity contribution is 5.70.